The van der Waals surface area contributed by atoms with Crippen molar-refractivity contribution in [2.24, 2.45) is 5.41 Å². The zero-order valence-electron chi connectivity index (χ0n) is 42.3. The van der Waals surface area contributed by atoms with Crippen molar-refractivity contribution in [1.82, 2.24) is 25.4 Å². The Labute approximate surface area is 419 Å². The van der Waals surface area contributed by atoms with Crippen LogP contribution in [0.25, 0.3) is 11.1 Å². The summed E-state index contributed by atoms with van der Waals surface area (Å²) in [6.45, 7) is 20.2. The Balaban J connectivity index is 1.53. The average molecular weight is 1020 g/mol. The van der Waals surface area contributed by atoms with Gasteiger partial charge in [0.25, 0.3) is 0 Å². The number of carbonyl (C=O) groups is 5. The molecule has 4 rings (SSSR count). The predicted molar refractivity (Wildman–Crippen MR) is 279 cm³/mol. The second-order valence-corrected chi connectivity index (χ2v) is 33.2. The highest BCUT2D eigenvalue weighted by molar-refractivity contribution is 7.99. The Bertz CT molecular complexity index is 2320. The van der Waals surface area contributed by atoms with Crippen molar-refractivity contribution in [2.75, 3.05) is 44.4 Å². The summed E-state index contributed by atoms with van der Waals surface area (Å²) in [5.41, 5.74) is 2.38. The molecule has 0 aliphatic carbocycles. The molecule has 3 aromatic carbocycles. The third kappa shape index (κ3) is 20.5. The van der Waals surface area contributed by atoms with Crippen molar-refractivity contribution in [1.29, 1.82) is 0 Å². The highest BCUT2D eigenvalue weighted by Gasteiger charge is 2.37. The Morgan fingerprint density at radius 2 is 1.39 bits per heavy atom. The maximum atomic E-state index is 15.4. The van der Waals surface area contributed by atoms with Crippen LogP contribution < -0.4 is 16.0 Å². The van der Waals surface area contributed by atoms with Gasteiger partial charge >= 0.3 is 18.2 Å². The topological polar surface area (TPSA) is 157 Å². The number of carbonyl (C=O) groups excluding carboxylic acids is 5. The summed E-state index contributed by atoms with van der Waals surface area (Å²) in [7, 11) is -2.96. The smallest absolute Gasteiger partial charge is 0.407 e. The van der Waals surface area contributed by atoms with Crippen LogP contribution in [0.2, 0.25) is 51.4 Å². The molecule has 70 heavy (non-hydrogen) atoms. The molecule has 0 aliphatic heterocycles. The van der Waals surface area contributed by atoms with E-state index in [2.05, 4.69) is 55.2 Å². The summed E-state index contributed by atoms with van der Waals surface area (Å²) in [5.74, 6) is -2.38. The van der Waals surface area contributed by atoms with Gasteiger partial charge in [0.05, 0.1) is 31.6 Å². The molecule has 0 fully saturated rings. The first-order valence-corrected chi connectivity index (χ1v) is 32.4. The largest absolute Gasteiger partial charge is 0.464 e. The quantitative estimate of drug-likeness (QED) is 0.0241. The molecule has 0 spiro atoms. The summed E-state index contributed by atoms with van der Waals surface area (Å²) in [5, 5.41) is 8.08. The number of esters is 1. The average Bonchev–Trinajstić information content (AvgIpc) is 3.68. The van der Waals surface area contributed by atoms with Crippen LogP contribution in [0.1, 0.15) is 56.5 Å². The van der Waals surface area contributed by atoms with Crippen LogP contribution in [-0.4, -0.2) is 106 Å². The minimum Gasteiger partial charge on any atom is -0.464 e. The molecule has 4 amide bonds. The molecular formula is C52H73F2N5O8SSi2. The number of nitrogens with zero attached hydrogens (tertiary/aromatic N) is 2. The lowest BCUT2D eigenvalue weighted by Crippen LogP contribution is -2.49. The lowest BCUT2D eigenvalue weighted by Gasteiger charge is -2.41. The number of benzene rings is 3. The molecular weight excluding hydrogens is 949 g/mol. The van der Waals surface area contributed by atoms with E-state index in [1.165, 1.54) is 11.8 Å². The van der Waals surface area contributed by atoms with Crippen LogP contribution in [0, 0.1) is 17.0 Å². The number of hydrogen-bond acceptors (Lipinski definition) is 9. The van der Waals surface area contributed by atoms with Gasteiger partial charge in [-0.2, -0.15) is 11.8 Å². The summed E-state index contributed by atoms with van der Waals surface area (Å²) >= 11 is 1.25. The lowest BCUT2D eigenvalue weighted by atomic mass is 9.83. The van der Waals surface area contributed by atoms with E-state index < -0.39 is 69.3 Å². The Morgan fingerprint density at radius 1 is 0.771 bits per heavy atom. The number of aromatic nitrogens is 1. The predicted octanol–water partition coefficient (Wildman–Crippen LogP) is 10.3. The zero-order chi connectivity index (χ0) is 51.5. The van der Waals surface area contributed by atoms with E-state index in [-0.39, 0.29) is 62.2 Å². The second kappa shape index (κ2) is 27.2. The molecule has 13 nitrogen and oxygen atoms in total. The Kier molecular flexibility index (Phi) is 22.2. The molecule has 1 heterocycles. The Morgan fingerprint density at radius 3 is 2.01 bits per heavy atom. The van der Waals surface area contributed by atoms with Crippen LogP contribution in [0.4, 0.5) is 18.4 Å². The van der Waals surface area contributed by atoms with Gasteiger partial charge in [0.1, 0.15) is 24.3 Å². The maximum absolute atomic E-state index is 15.4. The lowest BCUT2D eigenvalue weighted by molar-refractivity contribution is -0.147. The van der Waals surface area contributed by atoms with Gasteiger partial charge in [-0.05, 0) is 59.3 Å². The van der Waals surface area contributed by atoms with Crippen molar-refractivity contribution < 1.29 is 47.0 Å². The number of nitrogens with one attached hydrogen (secondary N) is 3. The molecule has 1 aromatic heterocycles. The SMILES string of the molecule is CC(C)(C)[C@H](c1cc(-c2cc(F)ccc2F)cn1Cc1ccccc1)N(CCCNC(=O)OCC[Si](C)(C)C)C(=O)CSCCC(=O)N[C@H](CNC(=O)OCc1ccccc1)C(=O)OCC[Si](C)(C)C. The fourth-order valence-electron chi connectivity index (χ4n) is 7.34. The Hall–Kier alpha value is -5.47. The van der Waals surface area contributed by atoms with E-state index in [0.29, 0.717) is 30.8 Å². The summed E-state index contributed by atoms with van der Waals surface area (Å²) in [4.78, 5) is 68.3. The summed E-state index contributed by atoms with van der Waals surface area (Å²) < 4.78 is 48.2. The number of amides is 4. The first kappa shape index (κ1) is 57.1. The van der Waals surface area contributed by atoms with Crippen LogP contribution in [-0.2, 0) is 41.7 Å². The van der Waals surface area contributed by atoms with Gasteiger partial charge in [-0.15, -0.1) is 0 Å². The molecule has 0 unspecified atom stereocenters. The number of alkyl carbamates (subject to hydrolysis) is 2. The van der Waals surface area contributed by atoms with Gasteiger partial charge < -0.3 is 39.6 Å². The molecule has 0 saturated carbocycles. The molecule has 2 atom stereocenters. The molecule has 0 aliphatic rings. The van der Waals surface area contributed by atoms with Crippen LogP contribution >= 0.6 is 11.8 Å². The van der Waals surface area contributed by atoms with E-state index in [4.69, 9.17) is 14.2 Å². The second-order valence-electron chi connectivity index (χ2n) is 20.8. The van der Waals surface area contributed by atoms with Crippen LogP contribution in [0.5, 0.6) is 0 Å². The maximum Gasteiger partial charge on any atom is 0.407 e. The molecule has 0 radical (unpaired) electrons. The number of halogens is 2. The van der Waals surface area contributed by atoms with Gasteiger partial charge in [-0.25, -0.2) is 23.2 Å². The van der Waals surface area contributed by atoms with Gasteiger partial charge in [-0.3, -0.25) is 9.59 Å². The summed E-state index contributed by atoms with van der Waals surface area (Å²) in [6, 6.07) is 23.7. The number of thioether (sulfide) groups is 1. The van der Waals surface area contributed by atoms with Crippen molar-refractivity contribution >= 4 is 57.9 Å². The molecule has 18 heteroatoms. The third-order valence-corrected chi connectivity index (χ3v) is 15.5. The number of ether oxygens (including phenoxy) is 3. The first-order valence-electron chi connectivity index (χ1n) is 23.9. The van der Waals surface area contributed by atoms with E-state index in [1.54, 1.807) is 11.1 Å². The normalized spacial score (nSPS) is 12.6. The number of hydrogen-bond donors (Lipinski definition) is 3. The van der Waals surface area contributed by atoms with E-state index in [9.17, 15) is 28.4 Å². The highest BCUT2D eigenvalue weighted by atomic mass is 32.2. The van der Waals surface area contributed by atoms with E-state index >= 15 is 4.39 Å². The van der Waals surface area contributed by atoms with Crippen molar-refractivity contribution in [3.63, 3.8) is 0 Å². The highest BCUT2D eigenvalue weighted by Crippen LogP contribution is 2.41. The fraction of sp³-hybridized carbons (Fsp3) is 0.481. The van der Waals surface area contributed by atoms with E-state index in [0.717, 1.165) is 41.4 Å². The summed E-state index contributed by atoms with van der Waals surface area (Å²) in [6.07, 6.45) is 0.817. The van der Waals surface area contributed by atoms with Gasteiger partial charge in [-0.1, -0.05) is 121 Å². The van der Waals surface area contributed by atoms with Gasteiger partial charge in [0, 0.05) is 71.0 Å². The van der Waals surface area contributed by atoms with Crippen molar-refractivity contribution in [2.45, 2.75) is 110 Å². The first-order chi connectivity index (χ1) is 33.0. The zero-order valence-corrected chi connectivity index (χ0v) is 45.1. The van der Waals surface area contributed by atoms with E-state index in [1.807, 2.05) is 92.1 Å². The van der Waals surface area contributed by atoms with Crippen molar-refractivity contribution in [3.8, 4) is 11.1 Å². The molecule has 382 valence electrons. The number of rotatable bonds is 26. The molecule has 0 bridgehead atoms. The third-order valence-electron chi connectivity index (χ3n) is 11.1. The van der Waals surface area contributed by atoms with Gasteiger partial charge in [0.15, 0.2) is 0 Å². The van der Waals surface area contributed by atoms with Gasteiger partial charge in [0.2, 0.25) is 11.8 Å². The van der Waals surface area contributed by atoms with Crippen LogP contribution in [0.3, 0.4) is 0 Å². The monoisotopic (exact) mass is 1020 g/mol. The van der Waals surface area contributed by atoms with Crippen molar-refractivity contribution in [3.05, 3.63) is 120 Å². The molecule has 3 N–H and O–H groups in total. The minimum atomic E-state index is -1.54. The molecule has 0 saturated heterocycles. The standard InChI is InChI=1S/C52H73F2N5O8SSi2/c1-52(2,3)48(45-31-40(42-32-41(53)21-22-43(42)54)35-58(45)34-38-17-12-10-13-18-38)59(25-16-24-55-50(63)66-27-30-70(7,8)9)47(61)37-68-28-23-46(60)57-44(49(62)65-26-29-69(4,5)6)33-56-51(64)67-36-39-19-14-11-15-20-39/h10-15,17-22,31-32,35,44,48H,16,23-30,33-34,36-37H2,1-9H3,(H,55,63)(H,56,64)(H,57,60)/t44-,48+/m1/s1. The van der Waals surface area contributed by atoms with Crippen LogP contribution in [0.15, 0.2) is 91.1 Å². The minimum absolute atomic E-state index is 0.0201. The molecule has 4 aromatic rings. The fourth-order valence-corrected chi connectivity index (χ4v) is 9.58.